The van der Waals surface area contributed by atoms with Gasteiger partial charge < -0.3 is 4.74 Å². The van der Waals surface area contributed by atoms with Crippen molar-refractivity contribution in [2.75, 3.05) is 13.7 Å². The van der Waals surface area contributed by atoms with E-state index in [4.69, 9.17) is 4.74 Å². The van der Waals surface area contributed by atoms with E-state index >= 15 is 0 Å². The summed E-state index contributed by atoms with van der Waals surface area (Å²) in [7, 11) is 1.33. The number of hydrogen-bond donors (Lipinski definition) is 0. The van der Waals surface area contributed by atoms with E-state index in [1.165, 1.54) is 58.1 Å². The third-order valence-electron chi connectivity index (χ3n) is 6.60. The number of carbonyl (C=O) groups excluding carboxylic acids is 1. The fraction of sp³-hybridized carbons (Fsp3) is 0.650. The second-order valence-electron chi connectivity index (χ2n) is 7.91. The average molecular weight is 331 g/mol. The number of rotatable bonds is 2. The van der Waals surface area contributed by atoms with Crippen molar-refractivity contribution in [3.05, 3.63) is 34.6 Å². The molecule has 1 spiro atoms. The molecule has 1 heterocycles. The molecule has 0 radical (unpaired) electrons. The summed E-state index contributed by atoms with van der Waals surface area (Å²) in [4.78, 5) is 14.2. The largest absolute Gasteiger partial charge is 0.465 e. The van der Waals surface area contributed by atoms with Crippen molar-refractivity contribution < 1.29 is 13.9 Å². The smallest absolute Gasteiger partial charge is 0.337 e. The molecule has 1 aliphatic heterocycles. The molecule has 4 heteroatoms. The van der Waals surface area contributed by atoms with Crippen LogP contribution in [0.1, 0.15) is 66.4 Å². The third-order valence-corrected chi connectivity index (χ3v) is 6.60. The van der Waals surface area contributed by atoms with E-state index in [1.807, 2.05) is 6.07 Å². The van der Waals surface area contributed by atoms with Gasteiger partial charge in [-0.1, -0.05) is 12.8 Å². The lowest BCUT2D eigenvalue weighted by molar-refractivity contribution is 0.0599. The Morgan fingerprint density at radius 3 is 2.83 bits per heavy atom. The van der Waals surface area contributed by atoms with Gasteiger partial charge in [0.15, 0.2) is 0 Å². The Hall–Kier alpha value is -1.42. The summed E-state index contributed by atoms with van der Waals surface area (Å²) in [6, 6.07) is 3.76. The molecule has 3 aliphatic rings. The van der Waals surface area contributed by atoms with Crippen molar-refractivity contribution in [3.63, 3.8) is 0 Å². The van der Waals surface area contributed by atoms with Crippen molar-refractivity contribution >= 4 is 5.97 Å². The molecule has 4 rings (SSSR count). The van der Waals surface area contributed by atoms with Gasteiger partial charge in [-0.15, -0.1) is 0 Å². The third kappa shape index (κ3) is 2.75. The minimum absolute atomic E-state index is 0.258. The highest BCUT2D eigenvalue weighted by atomic mass is 19.1. The summed E-state index contributed by atoms with van der Waals surface area (Å²) in [5.41, 5.74) is 2.67. The SMILES string of the molecule is COC(=O)c1cc(F)c2c(c1)CCN(C1CCC3(CCCC3)C1)C2. The Labute approximate surface area is 143 Å². The Morgan fingerprint density at radius 2 is 2.08 bits per heavy atom. The molecule has 0 saturated heterocycles. The molecular weight excluding hydrogens is 305 g/mol. The van der Waals surface area contributed by atoms with Gasteiger partial charge in [-0.05, 0) is 61.6 Å². The van der Waals surface area contributed by atoms with Gasteiger partial charge in [0.2, 0.25) is 0 Å². The Morgan fingerprint density at radius 1 is 1.29 bits per heavy atom. The summed E-state index contributed by atoms with van der Waals surface area (Å²) in [5.74, 6) is -0.718. The average Bonchev–Trinajstić information content (AvgIpc) is 3.24. The second-order valence-corrected chi connectivity index (χ2v) is 7.91. The minimum atomic E-state index is -0.460. The Kier molecular flexibility index (Phi) is 4.11. The number of carbonyl (C=O) groups is 1. The molecule has 2 fully saturated rings. The highest BCUT2D eigenvalue weighted by Crippen LogP contribution is 2.52. The molecule has 0 N–H and O–H groups in total. The van der Waals surface area contributed by atoms with Crippen LogP contribution in [0.4, 0.5) is 4.39 Å². The van der Waals surface area contributed by atoms with Crippen LogP contribution in [0.3, 0.4) is 0 Å². The van der Waals surface area contributed by atoms with E-state index in [0.717, 1.165) is 24.1 Å². The molecule has 1 atom stereocenters. The molecule has 1 unspecified atom stereocenters. The van der Waals surface area contributed by atoms with Crippen LogP contribution in [0.15, 0.2) is 12.1 Å². The van der Waals surface area contributed by atoms with Crippen molar-refractivity contribution in [1.29, 1.82) is 0 Å². The molecule has 0 bridgehead atoms. The van der Waals surface area contributed by atoms with Gasteiger partial charge in [-0.2, -0.15) is 0 Å². The van der Waals surface area contributed by atoms with E-state index < -0.39 is 5.97 Å². The number of nitrogens with zero attached hydrogens (tertiary/aromatic N) is 1. The van der Waals surface area contributed by atoms with Crippen molar-refractivity contribution in [3.8, 4) is 0 Å². The minimum Gasteiger partial charge on any atom is -0.465 e. The predicted molar refractivity (Wildman–Crippen MR) is 90.4 cm³/mol. The zero-order chi connectivity index (χ0) is 16.7. The van der Waals surface area contributed by atoms with Gasteiger partial charge in [0.1, 0.15) is 5.82 Å². The normalized spacial score (nSPS) is 25.8. The molecule has 0 amide bonds. The Bertz CT molecular complexity index is 651. The van der Waals surface area contributed by atoms with Gasteiger partial charge in [-0.25, -0.2) is 9.18 Å². The second kappa shape index (κ2) is 6.14. The quantitative estimate of drug-likeness (QED) is 0.765. The molecule has 1 aromatic rings. The van der Waals surface area contributed by atoms with Crippen LogP contribution in [0, 0.1) is 11.2 Å². The van der Waals surface area contributed by atoms with Gasteiger partial charge in [0.25, 0.3) is 0 Å². The maximum atomic E-state index is 14.5. The summed E-state index contributed by atoms with van der Waals surface area (Å²) in [6.07, 6.45) is 10.3. The van der Waals surface area contributed by atoms with Crippen LogP contribution in [0.25, 0.3) is 0 Å². The number of esters is 1. The molecular formula is C20H26FNO2. The molecule has 130 valence electrons. The number of hydrogen-bond acceptors (Lipinski definition) is 3. The molecule has 0 aromatic heterocycles. The van der Waals surface area contributed by atoms with E-state index in [-0.39, 0.29) is 5.82 Å². The Balaban J connectivity index is 1.51. The molecule has 24 heavy (non-hydrogen) atoms. The lowest BCUT2D eigenvalue weighted by atomic mass is 9.84. The first-order valence-electron chi connectivity index (χ1n) is 9.24. The maximum absolute atomic E-state index is 14.5. The number of ether oxygens (including phenoxy) is 1. The predicted octanol–water partition coefficient (Wildman–Crippen LogP) is 4.08. The lowest BCUT2D eigenvalue weighted by Gasteiger charge is -2.35. The van der Waals surface area contributed by atoms with Crippen LogP contribution < -0.4 is 0 Å². The zero-order valence-electron chi connectivity index (χ0n) is 14.4. The zero-order valence-corrected chi connectivity index (χ0v) is 14.4. The van der Waals surface area contributed by atoms with Gasteiger partial charge >= 0.3 is 5.97 Å². The van der Waals surface area contributed by atoms with Gasteiger partial charge in [0, 0.05) is 24.7 Å². The maximum Gasteiger partial charge on any atom is 0.337 e. The van der Waals surface area contributed by atoms with Crippen LogP contribution in [-0.4, -0.2) is 30.6 Å². The molecule has 1 aromatic carbocycles. The van der Waals surface area contributed by atoms with Crippen molar-refractivity contribution in [1.82, 2.24) is 4.90 Å². The number of methoxy groups -OCH3 is 1. The first-order valence-corrected chi connectivity index (χ1v) is 9.24. The monoisotopic (exact) mass is 331 g/mol. The summed E-state index contributed by atoms with van der Waals surface area (Å²) in [6.45, 7) is 1.65. The summed E-state index contributed by atoms with van der Waals surface area (Å²) in [5, 5.41) is 0. The van der Waals surface area contributed by atoms with Gasteiger partial charge in [-0.3, -0.25) is 4.90 Å². The van der Waals surface area contributed by atoms with E-state index in [0.29, 0.717) is 23.6 Å². The number of benzene rings is 1. The topological polar surface area (TPSA) is 29.5 Å². The standard InChI is InChI=1S/C20H26FNO2/c1-24-19(23)15-10-14-5-9-22(13-17(14)18(21)11-15)16-4-8-20(12-16)6-2-3-7-20/h10-11,16H,2-9,12-13H2,1H3. The van der Waals surface area contributed by atoms with E-state index in [2.05, 4.69) is 4.90 Å². The van der Waals surface area contributed by atoms with Crippen LogP contribution in [0.5, 0.6) is 0 Å². The molecule has 2 aliphatic carbocycles. The van der Waals surface area contributed by atoms with E-state index in [1.54, 1.807) is 0 Å². The van der Waals surface area contributed by atoms with Crippen LogP contribution >= 0.6 is 0 Å². The first-order chi connectivity index (χ1) is 11.6. The number of fused-ring (bicyclic) bond motifs is 1. The highest BCUT2D eigenvalue weighted by molar-refractivity contribution is 5.89. The van der Waals surface area contributed by atoms with E-state index in [9.17, 15) is 9.18 Å². The molecule has 2 saturated carbocycles. The lowest BCUT2D eigenvalue weighted by Crippen LogP contribution is -2.39. The number of halogens is 1. The van der Waals surface area contributed by atoms with Crippen molar-refractivity contribution in [2.45, 2.75) is 64.0 Å². The van der Waals surface area contributed by atoms with Crippen molar-refractivity contribution in [2.24, 2.45) is 5.41 Å². The first kappa shape index (κ1) is 16.1. The summed E-state index contributed by atoms with van der Waals surface area (Å²) >= 11 is 0. The fourth-order valence-electron chi connectivity index (χ4n) is 5.25. The van der Waals surface area contributed by atoms with Gasteiger partial charge in [0.05, 0.1) is 12.7 Å². The van der Waals surface area contributed by atoms with Crippen LogP contribution in [0.2, 0.25) is 0 Å². The molecule has 3 nitrogen and oxygen atoms in total. The highest BCUT2D eigenvalue weighted by Gasteiger charge is 2.43. The van der Waals surface area contributed by atoms with Crippen LogP contribution in [-0.2, 0) is 17.7 Å². The fourth-order valence-corrected chi connectivity index (χ4v) is 5.25. The summed E-state index contributed by atoms with van der Waals surface area (Å²) < 4.78 is 19.3.